The normalized spacial score (nSPS) is 22.3. The minimum Gasteiger partial charge on any atom is -0.316 e. The topological polar surface area (TPSA) is 15.3 Å². The first kappa shape index (κ1) is 11.1. The average Bonchev–Trinajstić information content (AvgIpc) is 2.84. The lowest BCUT2D eigenvalue weighted by atomic mass is 10.1. The van der Waals surface area contributed by atoms with Crippen LogP contribution in [0.3, 0.4) is 0 Å². The quantitative estimate of drug-likeness (QED) is 0.768. The molecular formula is C12H20N2S. The van der Waals surface area contributed by atoms with Crippen LogP contribution in [0, 0.1) is 5.92 Å². The zero-order chi connectivity index (χ0) is 10.5. The van der Waals surface area contributed by atoms with Crippen molar-refractivity contribution < 1.29 is 0 Å². The van der Waals surface area contributed by atoms with Gasteiger partial charge in [-0.05, 0) is 67.8 Å². The van der Waals surface area contributed by atoms with Crippen LogP contribution in [0.5, 0.6) is 0 Å². The lowest BCUT2D eigenvalue weighted by Gasteiger charge is -2.11. The summed E-state index contributed by atoms with van der Waals surface area (Å²) >= 11 is 1.79. The molecule has 15 heavy (non-hydrogen) atoms. The van der Waals surface area contributed by atoms with E-state index in [0.717, 1.165) is 12.5 Å². The number of hydrogen-bond acceptors (Lipinski definition) is 3. The number of nitrogens with one attached hydrogen (secondary N) is 1. The van der Waals surface area contributed by atoms with Crippen molar-refractivity contribution in [3.05, 3.63) is 22.4 Å². The Hall–Kier alpha value is -0.380. The molecule has 0 saturated carbocycles. The van der Waals surface area contributed by atoms with Crippen LogP contribution in [0.25, 0.3) is 0 Å². The Balaban J connectivity index is 1.55. The first-order valence-electron chi connectivity index (χ1n) is 5.75. The highest BCUT2D eigenvalue weighted by Gasteiger charge is 2.18. The van der Waals surface area contributed by atoms with Gasteiger partial charge in [0.05, 0.1) is 0 Å². The zero-order valence-electron chi connectivity index (χ0n) is 9.41. The van der Waals surface area contributed by atoms with E-state index in [9.17, 15) is 0 Å². The molecule has 2 heterocycles. The fourth-order valence-corrected chi connectivity index (χ4v) is 2.87. The van der Waals surface area contributed by atoms with Gasteiger partial charge in [-0.25, -0.2) is 0 Å². The monoisotopic (exact) mass is 224 g/mol. The predicted octanol–water partition coefficient (Wildman–Crippen LogP) is 1.83. The van der Waals surface area contributed by atoms with Gasteiger partial charge in [-0.1, -0.05) is 0 Å². The maximum atomic E-state index is 3.56. The molecule has 1 aliphatic heterocycles. The first-order valence-corrected chi connectivity index (χ1v) is 6.69. The van der Waals surface area contributed by atoms with E-state index in [-0.39, 0.29) is 0 Å². The summed E-state index contributed by atoms with van der Waals surface area (Å²) in [5.74, 6) is 0.873. The van der Waals surface area contributed by atoms with Crippen LogP contribution >= 0.6 is 11.3 Å². The third kappa shape index (κ3) is 3.59. The van der Waals surface area contributed by atoms with Gasteiger partial charge in [0.15, 0.2) is 0 Å². The number of nitrogens with zero attached hydrogens (tertiary/aromatic N) is 1. The highest BCUT2D eigenvalue weighted by Crippen LogP contribution is 2.12. The minimum absolute atomic E-state index is 0.873. The first-order chi connectivity index (χ1) is 7.34. The summed E-state index contributed by atoms with van der Waals surface area (Å²) < 4.78 is 0. The van der Waals surface area contributed by atoms with Gasteiger partial charge < -0.3 is 10.2 Å². The summed E-state index contributed by atoms with van der Waals surface area (Å²) in [6.07, 6.45) is 2.54. The van der Waals surface area contributed by atoms with Crippen LogP contribution < -0.4 is 5.32 Å². The minimum atomic E-state index is 0.873. The van der Waals surface area contributed by atoms with Crippen molar-refractivity contribution in [2.24, 2.45) is 5.92 Å². The molecule has 0 amide bonds. The van der Waals surface area contributed by atoms with E-state index in [1.54, 1.807) is 11.3 Å². The van der Waals surface area contributed by atoms with Crippen LogP contribution in [0.2, 0.25) is 0 Å². The van der Waals surface area contributed by atoms with Crippen LogP contribution in [-0.2, 0) is 6.42 Å². The molecule has 1 unspecified atom stereocenters. The fraction of sp³-hybridized carbons (Fsp3) is 0.667. The molecule has 1 fully saturated rings. The number of rotatable bonds is 5. The Kier molecular flexibility index (Phi) is 4.18. The maximum absolute atomic E-state index is 3.56. The van der Waals surface area contributed by atoms with Gasteiger partial charge >= 0.3 is 0 Å². The zero-order valence-corrected chi connectivity index (χ0v) is 10.2. The molecule has 1 aromatic rings. The van der Waals surface area contributed by atoms with Gasteiger partial charge in [0.25, 0.3) is 0 Å². The molecule has 0 bridgehead atoms. The molecule has 3 heteroatoms. The van der Waals surface area contributed by atoms with E-state index < -0.39 is 0 Å². The Bertz CT molecular complexity index is 271. The molecular weight excluding hydrogens is 204 g/mol. The fourth-order valence-electron chi connectivity index (χ4n) is 2.17. The van der Waals surface area contributed by atoms with Crippen LogP contribution in [0.1, 0.15) is 12.0 Å². The SMILES string of the molecule is CN1CCC(CNCCc2ccsc2)C1. The van der Waals surface area contributed by atoms with Gasteiger partial charge in [-0.2, -0.15) is 11.3 Å². The number of hydrogen-bond donors (Lipinski definition) is 1. The second-order valence-corrected chi connectivity index (χ2v) is 5.28. The molecule has 1 atom stereocenters. The lowest BCUT2D eigenvalue weighted by Crippen LogP contribution is -2.26. The molecule has 1 aliphatic rings. The van der Waals surface area contributed by atoms with Crippen molar-refractivity contribution in [1.29, 1.82) is 0 Å². The number of thiophene rings is 1. The Morgan fingerprint density at radius 1 is 1.60 bits per heavy atom. The van der Waals surface area contributed by atoms with Gasteiger partial charge in [-0.15, -0.1) is 0 Å². The van der Waals surface area contributed by atoms with Gasteiger partial charge in [0, 0.05) is 6.54 Å². The van der Waals surface area contributed by atoms with E-state index in [2.05, 4.69) is 34.1 Å². The molecule has 0 spiro atoms. The summed E-state index contributed by atoms with van der Waals surface area (Å²) in [5, 5.41) is 7.96. The summed E-state index contributed by atoms with van der Waals surface area (Å²) in [6, 6.07) is 2.22. The van der Waals surface area contributed by atoms with Crippen molar-refractivity contribution >= 4 is 11.3 Å². The van der Waals surface area contributed by atoms with E-state index in [0.29, 0.717) is 0 Å². The van der Waals surface area contributed by atoms with Crippen molar-refractivity contribution in [1.82, 2.24) is 10.2 Å². The van der Waals surface area contributed by atoms with Crippen molar-refractivity contribution in [3.8, 4) is 0 Å². The molecule has 1 saturated heterocycles. The molecule has 1 aromatic heterocycles. The van der Waals surface area contributed by atoms with Gasteiger partial charge in [0.2, 0.25) is 0 Å². The third-order valence-corrected chi connectivity index (χ3v) is 3.82. The molecule has 2 nitrogen and oxygen atoms in total. The molecule has 1 N–H and O–H groups in total. The Labute approximate surface area is 96.3 Å². The highest BCUT2D eigenvalue weighted by molar-refractivity contribution is 7.07. The molecule has 0 aliphatic carbocycles. The predicted molar refractivity (Wildman–Crippen MR) is 66.5 cm³/mol. The maximum Gasteiger partial charge on any atom is 0.00192 e. The second-order valence-electron chi connectivity index (χ2n) is 4.50. The third-order valence-electron chi connectivity index (χ3n) is 3.09. The van der Waals surface area contributed by atoms with Crippen LogP contribution in [0.15, 0.2) is 16.8 Å². The van der Waals surface area contributed by atoms with E-state index in [4.69, 9.17) is 0 Å². The van der Waals surface area contributed by atoms with Gasteiger partial charge in [-0.3, -0.25) is 0 Å². The molecule has 0 aromatic carbocycles. The van der Waals surface area contributed by atoms with Crippen molar-refractivity contribution in [2.45, 2.75) is 12.8 Å². The van der Waals surface area contributed by atoms with Crippen LogP contribution in [0.4, 0.5) is 0 Å². The van der Waals surface area contributed by atoms with Crippen LogP contribution in [-0.4, -0.2) is 38.1 Å². The summed E-state index contributed by atoms with van der Waals surface area (Å²) in [4.78, 5) is 2.42. The smallest absolute Gasteiger partial charge is 0.00192 e. The van der Waals surface area contributed by atoms with Crippen molar-refractivity contribution in [2.75, 3.05) is 33.2 Å². The summed E-state index contributed by atoms with van der Waals surface area (Å²) in [7, 11) is 2.21. The van der Waals surface area contributed by atoms with E-state index in [1.165, 1.54) is 38.0 Å². The summed E-state index contributed by atoms with van der Waals surface area (Å²) in [6.45, 7) is 4.85. The molecule has 2 rings (SSSR count). The molecule has 84 valence electrons. The number of likely N-dealkylation sites (tertiary alicyclic amines) is 1. The summed E-state index contributed by atoms with van der Waals surface area (Å²) in [5.41, 5.74) is 1.47. The molecule has 0 radical (unpaired) electrons. The van der Waals surface area contributed by atoms with E-state index >= 15 is 0 Å². The average molecular weight is 224 g/mol. The highest BCUT2D eigenvalue weighted by atomic mass is 32.1. The Morgan fingerprint density at radius 2 is 2.53 bits per heavy atom. The largest absolute Gasteiger partial charge is 0.316 e. The Morgan fingerprint density at radius 3 is 3.20 bits per heavy atom. The van der Waals surface area contributed by atoms with Gasteiger partial charge in [0.1, 0.15) is 0 Å². The second kappa shape index (κ2) is 5.64. The standard InChI is InChI=1S/C12H20N2S/c1-14-6-3-12(9-14)8-13-5-2-11-4-7-15-10-11/h4,7,10,12-13H,2-3,5-6,8-9H2,1H3. The lowest BCUT2D eigenvalue weighted by molar-refractivity contribution is 0.389. The van der Waals surface area contributed by atoms with Crippen molar-refractivity contribution in [3.63, 3.8) is 0 Å². The van der Waals surface area contributed by atoms with E-state index in [1.807, 2.05) is 0 Å².